The number of fused-ring (bicyclic) bond motifs is 3. The maximum Gasteiger partial charge on any atom is 0.247 e. The first kappa shape index (κ1) is 22.2. The monoisotopic (exact) mass is 470 g/mol. The molecule has 0 aliphatic carbocycles. The van der Waals surface area contributed by atoms with E-state index in [0.29, 0.717) is 6.54 Å². The fourth-order valence-electron chi connectivity index (χ4n) is 4.58. The van der Waals surface area contributed by atoms with Crippen molar-refractivity contribution in [1.29, 1.82) is 0 Å². The van der Waals surface area contributed by atoms with Crippen LogP contribution in [-0.2, 0) is 16.1 Å². The van der Waals surface area contributed by atoms with Crippen LogP contribution in [0, 0.1) is 0 Å². The van der Waals surface area contributed by atoms with E-state index >= 15 is 0 Å². The zero-order chi connectivity index (χ0) is 23.7. The van der Waals surface area contributed by atoms with Gasteiger partial charge in [0.25, 0.3) is 0 Å². The fourth-order valence-corrected chi connectivity index (χ4v) is 5.04. The summed E-state index contributed by atoms with van der Waals surface area (Å²) in [4.78, 5) is 34.7. The lowest BCUT2D eigenvalue weighted by Crippen LogP contribution is -2.45. The van der Waals surface area contributed by atoms with Crippen molar-refractivity contribution in [2.45, 2.75) is 36.9 Å². The Labute approximate surface area is 203 Å². The largest absolute Gasteiger partial charge is 0.327 e. The highest BCUT2D eigenvalue weighted by atomic mass is 32.2. The first-order valence-corrected chi connectivity index (χ1v) is 12.5. The molecule has 172 valence electrons. The van der Waals surface area contributed by atoms with E-state index < -0.39 is 6.04 Å². The highest BCUT2D eigenvalue weighted by Gasteiger charge is 2.40. The summed E-state index contributed by atoms with van der Waals surface area (Å²) in [6.45, 7) is 2.47. The lowest BCUT2D eigenvalue weighted by Gasteiger charge is -2.38. The number of rotatable bonds is 6. The van der Waals surface area contributed by atoms with Crippen molar-refractivity contribution in [3.63, 3.8) is 0 Å². The van der Waals surface area contributed by atoms with Gasteiger partial charge in [-0.15, -0.1) is 11.8 Å². The van der Waals surface area contributed by atoms with Gasteiger partial charge in [-0.2, -0.15) is 0 Å². The molecule has 1 N–H and O–H groups in total. The van der Waals surface area contributed by atoms with Crippen LogP contribution in [0.1, 0.15) is 36.8 Å². The molecule has 0 fully saturated rings. The molecule has 5 rings (SSSR count). The Hall–Kier alpha value is -3.58. The van der Waals surface area contributed by atoms with Crippen LogP contribution in [0.5, 0.6) is 0 Å². The molecule has 0 bridgehead atoms. The van der Waals surface area contributed by atoms with Crippen LogP contribution in [0.2, 0.25) is 0 Å². The predicted molar refractivity (Wildman–Crippen MR) is 136 cm³/mol. The van der Waals surface area contributed by atoms with Crippen LogP contribution in [0.4, 0.5) is 5.69 Å². The van der Waals surface area contributed by atoms with Gasteiger partial charge in [0, 0.05) is 17.1 Å². The van der Waals surface area contributed by atoms with Crippen molar-refractivity contribution >= 4 is 40.3 Å². The number of hydrogen-bond acceptors (Lipinski definition) is 4. The lowest BCUT2D eigenvalue weighted by atomic mass is 10.0. The number of carbonyl (C=O) groups excluding carboxylic acids is 2. The Morgan fingerprint density at radius 3 is 2.59 bits per heavy atom. The third-order valence-corrected chi connectivity index (χ3v) is 7.00. The highest BCUT2D eigenvalue weighted by Crippen LogP contribution is 2.37. The first-order chi connectivity index (χ1) is 16.5. The summed E-state index contributed by atoms with van der Waals surface area (Å²) >= 11 is 1.62. The second kappa shape index (κ2) is 9.35. The van der Waals surface area contributed by atoms with Crippen molar-refractivity contribution in [3.05, 3.63) is 90.3 Å². The minimum absolute atomic E-state index is 0.0354. The number of nitrogens with one attached hydrogen (secondary N) is 1. The maximum absolute atomic E-state index is 13.8. The molecule has 3 aromatic carbocycles. The minimum atomic E-state index is -0.661. The molecule has 2 amide bonds. The number of thioether (sulfide) groups is 1. The van der Waals surface area contributed by atoms with Crippen molar-refractivity contribution in [1.82, 2.24) is 14.5 Å². The molecule has 0 spiro atoms. The summed E-state index contributed by atoms with van der Waals surface area (Å²) in [6.07, 6.45) is 2.03. The van der Waals surface area contributed by atoms with Gasteiger partial charge in [0.05, 0.1) is 23.5 Å². The zero-order valence-electron chi connectivity index (χ0n) is 19.1. The SMILES string of the molecule is CSc1cccc(NC(=O)CC2C(=O)N(Cc3ccccc3)C(C)c3nc4ccccc4n32)c1. The van der Waals surface area contributed by atoms with Crippen LogP contribution in [0.3, 0.4) is 0 Å². The molecule has 1 aliphatic heterocycles. The van der Waals surface area contributed by atoms with Gasteiger partial charge in [-0.3, -0.25) is 9.59 Å². The Bertz CT molecular complexity index is 1350. The van der Waals surface area contributed by atoms with Gasteiger partial charge in [0.1, 0.15) is 11.9 Å². The second-order valence-electron chi connectivity index (χ2n) is 8.46. The van der Waals surface area contributed by atoms with E-state index in [9.17, 15) is 9.59 Å². The molecule has 0 radical (unpaired) electrons. The van der Waals surface area contributed by atoms with E-state index in [2.05, 4.69) is 5.32 Å². The molecule has 0 saturated carbocycles. The Morgan fingerprint density at radius 1 is 1.03 bits per heavy atom. The number of aromatic nitrogens is 2. The van der Waals surface area contributed by atoms with Gasteiger partial charge in [0.15, 0.2) is 0 Å². The predicted octanol–water partition coefficient (Wildman–Crippen LogP) is 5.43. The molecule has 34 heavy (non-hydrogen) atoms. The normalized spacial score (nSPS) is 17.6. The van der Waals surface area contributed by atoms with Crippen LogP contribution in [-0.4, -0.2) is 32.5 Å². The number of imidazole rings is 1. The van der Waals surface area contributed by atoms with Gasteiger partial charge in [0.2, 0.25) is 11.8 Å². The van der Waals surface area contributed by atoms with Gasteiger partial charge in [-0.25, -0.2) is 4.98 Å². The number of carbonyl (C=O) groups is 2. The molecule has 0 saturated heterocycles. The summed E-state index contributed by atoms with van der Waals surface area (Å²) < 4.78 is 1.96. The third-order valence-electron chi connectivity index (χ3n) is 6.27. The van der Waals surface area contributed by atoms with Crippen molar-refractivity contribution in [2.75, 3.05) is 11.6 Å². The number of anilines is 1. The molecule has 2 unspecified atom stereocenters. The van der Waals surface area contributed by atoms with Crippen molar-refractivity contribution in [3.8, 4) is 0 Å². The zero-order valence-corrected chi connectivity index (χ0v) is 20.0. The average Bonchev–Trinajstić information content (AvgIpc) is 3.25. The molecule has 6 nitrogen and oxygen atoms in total. The molecular weight excluding hydrogens is 444 g/mol. The number of benzene rings is 3. The molecule has 7 heteroatoms. The molecule has 1 aromatic heterocycles. The van der Waals surface area contributed by atoms with E-state index in [4.69, 9.17) is 4.98 Å². The van der Waals surface area contributed by atoms with Gasteiger partial charge >= 0.3 is 0 Å². The lowest BCUT2D eigenvalue weighted by molar-refractivity contribution is -0.142. The second-order valence-corrected chi connectivity index (χ2v) is 9.34. The van der Waals surface area contributed by atoms with E-state index in [1.54, 1.807) is 11.8 Å². The maximum atomic E-state index is 13.8. The molecule has 2 atom stereocenters. The summed E-state index contributed by atoms with van der Waals surface area (Å²) in [5.74, 6) is 0.536. The van der Waals surface area contributed by atoms with Gasteiger partial charge in [-0.05, 0) is 49.1 Å². The average molecular weight is 471 g/mol. The Kier molecular flexibility index (Phi) is 6.11. The van der Waals surface area contributed by atoms with E-state index in [0.717, 1.165) is 33.0 Å². The molecule has 4 aromatic rings. The summed E-state index contributed by atoms with van der Waals surface area (Å²) in [5.41, 5.74) is 3.48. The topological polar surface area (TPSA) is 67.2 Å². The Morgan fingerprint density at radius 2 is 1.79 bits per heavy atom. The third kappa shape index (κ3) is 4.19. The fraction of sp³-hybridized carbons (Fsp3) is 0.222. The summed E-state index contributed by atoms with van der Waals surface area (Å²) in [5, 5.41) is 2.97. The van der Waals surface area contributed by atoms with Crippen LogP contribution < -0.4 is 5.32 Å². The number of nitrogens with zero attached hydrogens (tertiary/aromatic N) is 3. The summed E-state index contributed by atoms with van der Waals surface area (Å²) in [6, 6.07) is 24.6. The van der Waals surface area contributed by atoms with Crippen LogP contribution in [0.25, 0.3) is 11.0 Å². The van der Waals surface area contributed by atoms with Crippen molar-refractivity contribution in [2.24, 2.45) is 0 Å². The van der Waals surface area contributed by atoms with E-state index in [-0.39, 0.29) is 24.3 Å². The molecule has 2 heterocycles. The number of para-hydroxylation sites is 2. The van der Waals surface area contributed by atoms with Crippen LogP contribution in [0.15, 0.2) is 83.8 Å². The number of amides is 2. The molecule has 1 aliphatic rings. The van der Waals surface area contributed by atoms with Crippen LogP contribution >= 0.6 is 11.8 Å². The van der Waals surface area contributed by atoms with E-state index in [1.807, 2.05) is 102 Å². The Balaban J connectivity index is 1.49. The minimum Gasteiger partial charge on any atom is -0.327 e. The van der Waals surface area contributed by atoms with Gasteiger partial charge < -0.3 is 14.8 Å². The number of hydrogen-bond donors (Lipinski definition) is 1. The highest BCUT2D eigenvalue weighted by molar-refractivity contribution is 7.98. The molecular formula is C27H26N4O2S. The van der Waals surface area contributed by atoms with Crippen molar-refractivity contribution < 1.29 is 9.59 Å². The smallest absolute Gasteiger partial charge is 0.247 e. The quantitative estimate of drug-likeness (QED) is 0.382. The van der Waals surface area contributed by atoms with E-state index in [1.165, 1.54) is 0 Å². The standard InChI is InChI=1S/C27H26N4O2S/c1-18-26-29-22-13-6-7-14-23(22)31(26)24(27(33)30(18)17-19-9-4-3-5-10-19)16-25(32)28-20-11-8-12-21(15-20)34-2/h3-15,18,24H,16-17H2,1-2H3,(H,28,32). The summed E-state index contributed by atoms with van der Waals surface area (Å²) in [7, 11) is 0. The van der Waals surface area contributed by atoms with Gasteiger partial charge in [-0.1, -0.05) is 48.5 Å². The first-order valence-electron chi connectivity index (χ1n) is 11.3.